The largest absolute Gasteiger partial charge is 0.465 e. The Balaban J connectivity index is 2.21. The molecule has 3 aromatic rings. The van der Waals surface area contributed by atoms with Gasteiger partial charge in [-0.3, -0.25) is 4.79 Å². The van der Waals surface area contributed by atoms with E-state index in [9.17, 15) is 14.4 Å². The maximum atomic E-state index is 11.8. The van der Waals surface area contributed by atoms with Gasteiger partial charge in [-0.1, -0.05) is 0 Å². The molecule has 0 aliphatic heterocycles. The minimum absolute atomic E-state index is 0.171. The van der Waals surface area contributed by atoms with Gasteiger partial charge in [-0.25, -0.2) is 9.59 Å². The second kappa shape index (κ2) is 6.04. The van der Waals surface area contributed by atoms with Crippen LogP contribution in [0.4, 0.5) is 0 Å². The molecule has 0 atom stereocenters. The minimum atomic E-state index is -0.601. The fraction of sp³-hybridized carbons (Fsp3) is 0.118. The lowest BCUT2D eigenvalue weighted by Gasteiger charge is -2.06. The van der Waals surface area contributed by atoms with Gasteiger partial charge < -0.3 is 18.9 Å². The number of hydrogen-bond donors (Lipinski definition) is 1. The topological polar surface area (TPSA) is 98.6 Å². The average Bonchev–Trinajstić information content (AvgIpc) is 3.05. The highest BCUT2D eigenvalue weighted by molar-refractivity contribution is 5.97. The number of furan rings is 1. The summed E-state index contributed by atoms with van der Waals surface area (Å²) in [6, 6.07) is 7.57. The fourth-order valence-electron chi connectivity index (χ4n) is 2.36. The van der Waals surface area contributed by atoms with Crippen LogP contribution in [0.25, 0.3) is 22.3 Å². The number of nitrogens with one attached hydrogen (secondary N) is 1. The highest BCUT2D eigenvalue weighted by atomic mass is 16.5. The van der Waals surface area contributed by atoms with Gasteiger partial charge in [0.2, 0.25) is 0 Å². The highest BCUT2D eigenvalue weighted by Crippen LogP contribution is 2.28. The number of aromatic amines is 1. The van der Waals surface area contributed by atoms with Crippen LogP contribution in [0, 0.1) is 0 Å². The first-order valence-electron chi connectivity index (χ1n) is 6.97. The average molecular weight is 327 g/mol. The molecule has 0 aliphatic carbocycles. The third-order valence-corrected chi connectivity index (χ3v) is 3.51. The van der Waals surface area contributed by atoms with Crippen molar-refractivity contribution in [1.29, 1.82) is 0 Å². The molecule has 7 heteroatoms. The van der Waals surface area contributed by atoms with Gasteiger partial charge in [-0.2, -0.15) is 0 Å². The third-order valence-electron chi connectivity index (χ3n) is 3.51. The van der Waals surface area contributed by atoms with Crippen molar-refractivity contribution < 1.29 is 23.5 Å². The summed E-state index contributed by atoms with van der Waals surface area (Å²) in [5.41, 5.74) is 0.903. The normalized spacial score (nSPS) is 10.6. The number of H-pyrrole nitrogens is 1. The Morgan fingerprint density at radius 2 is 1.62 bits per heavy atom. The Labute approximate surface area is 135 Å². The molecule has 2 aromatic heterocycles. The van der Waals surface area contributed by atoms with E-state index in [1.54, 1.807) is 12.1 Å². The van der Waals surface area contributed by atoms with Crippen molar-refractivity contribution >= 4 is 22.9 Å². The van der Waals surface area contributed by atoms with Crippen LogP contribution >= 0.6 is 0 Å². The Morgan fingerprint density at radius 3 is 2.17 bits per heavy atom. The lowest BCUT2D eigenvalue weighted by molar-refractivity contribution is 0.0599. The van der Waals surface area contributed by atoms with Crippen LogP contribution < -0.4 is 5.56 Å². The molecule has 1 N–H and O–H groups in total. The zero-order chi connectivity index (χ0) is 17.3. The molecule has 2 heterocycles. The van der Waals surface area contributed by atoms with E-state index in [0.29, 0.717) is 22.3 Å². The molecule has 0 radical (unpaired) electrons. The van der Waals surface area contributed by atoms with Gasteiger partial charge in [0.05, 0.1) is 30.7 Å². The van der Waals surface area contributed by atoms with Gasteiger partial charge in [-0.05, 0) is 30.3 Å². The number of ether oxygens (including phenoxy) is 2. The lowest BCUT2D eigenvalue weighted by atomic mass is 10.0. The van der Waals surface area contributed by atoms with E-state index < -0.39 is 11.9 Å². The van der Waals surface area contributed by atoms with Crippen molar-refractivity contribution in [1.82, 2.24) is 4.98 Å². The van der Waals surface area contributed by atoms with Crippen molar-refractivity contribution in [3.63, 3.8) is 0 Å². The summed E-state index contributed by atoms with van der Waals surface area (Å²) in [7, 11) is 2.49. The van der Waals surface area contributed by atoms with Crippen molar-refractivity contribution in [2.45, 2.75) is 0 Å². The Kier molecular flexibility index (Phi) is 3.91. The molecule has 0 aliphatic rings. The zero-order valence-electron chi connectivity index (χ0n) is 12.9. The Bertz CT molecular complexity index is 963. The number of carbonyl (C=O) groups excluding carboxylic acids is 2. The molecule has 0 saturated heterocycles. The number of carbonyl (C=O) groups is 2. The monoisotopic (exact) mass is 327 g/mol. The Hall–Kier alpha value is -3.35. The first kappa shape index (κ1) is 15.5. The van der Waals surface area contributed by atoms with Crippen molar-refractivity contribution in [3.05, 3.63) is 58.0 Å². The summed E-state index contributed by atoms with van der Waals surface area (Å²) in [5, 5.41) is 0.371. The van der Waals surface area contributed by atoms with Gasteiger partial charge >= 0.3 is 11.9 Å². The summed E-state index contributed by atoms with van der Waals surface area (Å²) in [5.74, 6) is -0.857. The van der Waals surface area contributed by atoms with Gasteiger partial charge in [0.1, 0.15) is 11.3 Å². The standard InChI is InChI=1S/C17H13NO6/c1-22-16(20)10-5-9(6-11(7-10)17(21)23-2)14-8-12-13(24-14)3-4-18-15(12)19/h3-8H,1-2H3,(H,18,19). The fourth-order valence-corrected chi connectivity index (χ4v) is 2.36. The SMILES string of the molecule is COC(=O)c1cc(C(=O)OC)cc(-c2cc3c(=O)[nH]ccc3o2)c1. The number of benzene rings is 1. The minimum Gasteiger partial charge on any atom is -0.465 e. The number of fused-ring (bicyclic) bond motifs is 1. The maximum Gasteiger partial charge on any atom is 0.337 e. The number of esters is 2. The van der Waals surface area contributed by atoms with Crippen molar-refractivity contribution in [2.24, 2.45) is 0 Å². The lowest BCUT2D eigenvalue weighted by Crippen LogP contribution is -2.07. The predicted molar refractivity (Wildman–Crippen MR) is 84.9 cm³/mol. The first-order valence-corrected chi connectivity index (χ1v) is 6.97. The molecule has 0 unspecified atom stereocenters. The molecule has 1 aromatic carbocycles. The summed E-state index contributed by atoms with van der Waals surface area (Å²) >= 11 is 0. The molecule has 0 fully saturated rings. The number of rotatable bonds is 3. The quantitative estimate of drug-likeness (QED) is 0.742. The van der Waals surface area contributed by atoms with Crippen molar-refractivity contribution in [3.8, 4) is 11.3 Å². The number of aromatic nitrogens is 1. The van der Waals surface area contributed by atoms with Gasteiger partial charge in [0.15, 0.2) is 0 Å². The maximum absolute atomic E-state index is 11.8. The number of methoxy groups -OCH3 is 2. The van der Waals surface area contributed by atoms with E-state index in [2.05, 4.69) is 4.98 Å². The van der Waals surface area contributed by atoms with E-state index in [1.807, 2.05) is 0 Å². The van der Waals surface area contributed by atoms with Crippen LogP contribution in [0.1, 0.15) is 20.7 Å². The van der Waals surface area contributed by atoms with Crippen LogP contribution in [0.5, 0.6) is 0 Å². The molecule has 0 spiro atoms. The molecule has 0 saturated carbocycles. The van der Waals surface area contributed by atoms with E-state index >= 15 is 0 Å². The molecule has 24 heavy (non-hydrogen) atoms. The molecule has 122 valence electrons. The van der Waals surface area contributed by atoms with Crippen LogP contribution in [-0.2, 0) is 9.47 Å². The number of pyridine rings is 1. The van der Waals surface area contributed by atoms with E-state index in [1.165, 1.54) is 38.6 Å². The smallest absolute Gasteiger partial charge is 0.337 e. The molecular weight excluding hydrogens is 314 g/mol. The second-order valence-corrected chi connectivity index (χ2v) is 4.98. The van der Waals surface area contributed by atoms with E-state index in [-0.39, 0.29) is 16.7 Å². The zero-order valence-corrected chi connectivity index (χ0v) is 12.9. The second-order valence-electron chi connectivity index (χ2n) is 4.98. The Morgan fingerprint density at radius 1 is 1.00 bits per heavy atom. The predicted octanol–water partition coefficient (Wildman–Crippen LogP) is 2.36. The summed E-state index contributed by atoms with van der Waals surface area (Å²) in [6.45, 7) is 0. The molecule has 0 amide bonds. The number of hydrogen-bond acceptors (Lipinski definition) is 6. The highest BCUT2D eigenvalue weighted by Gasteiger charge is 2.17. The first-order chi connectivity index (χ1) is 11.5. The van der Waals surface area contributed by atoms with Gasteiger partial charge in [-0.15, -0.1) is 0 Å². The van der Waals surface area contributed by atoms with Gasteiger partial charge in [0, 0.05) is 11.8 Å². The molecule has 3 rings (SSSR count). The van der Waals surface area contributed by atoms with Crippen LogP contribution in [0.3, 0.4) is 0 Å². The van der Waals surface area contributed by atoms with Gasteiger partial charge in [0.25, 0.3) is 5.56 Å². The van der Waals surface area contributed by atoms with Crippen molar-refractivity contribution in [2.75, 3.05) is 14.2 Å². The molecule has 7 nitrogen and oxygen atoms in total. The summed E-state index contributed by atoms with van der Waals surface area (Å²) < 4.78 is 15.0. The summed E-state index contributed by atoms with van der Waals surface area (Å²) in [4.78, 5) is 38.0. The van der Waals surface area contributed by atoms with E-state index in [0.717, 1.165) is 0 Å². The van der Waals surface area contributed by atoms with Crippen LogP contribution in [-0.4, -0.2) is 31.1 Å². The molecular formula is C17H13NO6. The summed E-state index contributed by atoms with van der Waals surface area (Å²) in [6.07, 6.45) is 1.47. The van der Waals surface area contributed by atoms with Crippen LogP contribution in [0.2, 0.25) is 0 Å². The third kappa shape index (κ3) is 2.67. The van der Waals surface area contributed by atoms with Crippen LogP contribution in [0.15, 0.2) is 45.7 Å². The van der Waals surface area contributed by atoms with E-state index in [4.69, 9.17) is 13.9 Å². The molecule has 0 bridgehead atoms.